The van der Waals surface area contributed by atoms with Crippen molar-refractivity contribution in [2.75, 3.05) is 0 Å². The molecule has 3 rings (SSSR count). The predicted octanol–water partition coefficient (Wildman–Crippen LogP) is 2.41. The predicted molar refractivity (Wildman–Crippen MR) is 113 cm³/mol. The highest BCUT2D eigenvalue weighted by Gasteiger charge is 2.13. The minimum Gasteiger partial charge on any atom is -0.481 e. The van der Waals surface area contributed by atoms with Gasteiger partial charge in [-0.15, -0.1) is 0 Å². The van der Waals surface area contributed by atoms with Crippen LogP contribution in [0.2, 0.25) is 0 Å². The van der Waals surface area contributed by atoms with Crippen LogP contribution in [0.3, 0.4) is 0 Å². The highest BCUT2D eigenvalue weighted by molar-refractivity contribution is 5.97. The van der Waals surface area contributed by atoms with Gasteiger partial charge in [0.25, 0.3) is 11.8 Å². The quantitative estimate of drug-likeness (QED) is 0.499. The second-order valence-corrected chi connectivity index (χ2v) is 7.12. The maximum Gasteiger partial charge on any atom is 0.307 e. The first-order chi connectivity index (χ1) is 15.3. The van der Waals surface area contributed by atoms with Crippen LogP contribution in [0.5, 0.6) is 0 Å². The molecule has 0 saturated carbocycles. The second-order valence-electron chi connectivity index (χ2n) is 7.12. The van der Waals surface area contributed by atoms with Gasteiger partial charge in [0.1, 0.15) is 23.5 Å². The highest BCUT2D eigenvalue weighted by atomic mass is 19.1. The first kappa shape index (κ1) is 22.5. The standard InChI is InChI=1S/C23H21FN4O4/c1-14-8-17(6-7-18(14)24)12-26-23(32)20-10-19(27-13-28-20)22(31)25-11-16-4-2-15(3-5-16)9-21(29)30/h2-8,10,13H,9,11-12H2,1H3,(H,25,31)(H,26,32)(H,29,30). The van der Waals surface area contributed by atoms with E-state index >= 15 is 0 Å². The number of amides is 2. The van der Waals surface area contributed by atoms with Crippen molar-refractivity contribution in [2.24, 2.45) is 0 Å². The van der Waals surface area contributed by atoms with E-state index in [1.54, 1.807) is 43.3 Å². The number of carbonyl (C=O) groups is 3. The van der Waals surface area contributed by atoms with Gasteiger partial charge in [0.2, 0.25) is 0 Å². The third-order valence-corrected chi connectivity index (χ3v) is 4.64. The van der Waals surface area contributed by atoms with Gasteiger partial charge in [0.05, 0.1) is 6.42 Å². The van der Waals surface area contributed by atoms with Crippen molar-refractivity contribution in [1.82, 2.24) is 20.6 Å². The molecular formula is C23H21FN4O4. The molecule has 9 heteroatoms. The zero-order valence-electron chi connectivity index (χ0n) is 17.3. The number of carboxylic acid groups (broad SMARTS) is 1. The van der Waals surface area contributed by atoms with E-state index in [1.165, 1.54) is 12.1 Å². The SMILES string of the molecule is Cc1cc(CNC(=O)c2cc(C(=O)NCc3ccc(CC(=O)O)cc3)ncn2)ccc1F. The zero-order chi connectivity index (χ0) is 23.1. The lowest BCUT2D eigenvalue weighted by atomic mass is 10.1. The van der Waals surface area contributed by atoms with Crippen LogP contribution < -0.4 is 10.6 Å². The number of hydrogen-bond acceptors (Lipinski definition) is 5. The second kappa shape index (κ2) is 10.3. The minimum atomic E-state index is -0.914. The van der Waals surface area contributed by atoms with E-state index in [4.69, 9.17) is 5.11 Å². The molecule has 0 unspecified atom stereocenters. The average Bonchev–Trinajstić information content (AvgIpc) is 2.78. The van der Waals surface area contributed by atoms with Crippen LogP contribution in [-0.4, -0.2) is 32.9 Å². The fraction of sp³-hybridized carbons (Fsp3) is 0.174. The van der Waals surface area contributed by atoms with Gasteiger partial charge in [-0.3, -0.25) is 14.4 Å². The van der Waals surface area contributed by atoms with Crippen LogP contribution in [0, 0.1) is 12.7 Å². The van der Waals surface area contributed by atoms with Crippen molar-refractivity contribution in [3.8, 4) is 0 Å². The summed E-state index contributed by atoms with van der Waals surface area (Å²) >= 11 is 0. The molecule has 2 aromatic carbocycles. The van der Waals surface area contributed by atoms with Crippen LogP contribution in [0.25, 0.3) is 0 Å². The molecule has 0 aliphatic rings. The molecule has 0 bridgehead atoms. The number of carbonyl (C=O) groups excluding carboxylic acids is 2. The Bertz CT molecular complexity index is 1150. The number of aliphatic carboxylic acids is 1. The molecule has 0 fully saturated rings. The number of carboxylic acids is 1. The smallest absolute Gasteiger partial charge is 0.307 e. The molecule has 164 valence electrons. The Hall–Kier alpha value is -4.14. The first-order valence-corrected chi connectivity index (χ1v) is 9.75. The molecule has 0 radical (unpaired) electrons. The lowest BCUT2D eigenvalue weighted by Gasteiger charge is -2.08. The van der Waals surface area contributed by atoms with Crippen molar-refractivity contribution in [1.29, 1.82) is 0 Å². The molecule has 0 aliphatic carbocycles. The summed E-state index contributed by atoms with van der Waals surface area (Å²) in [5.74, 6) is -2.20. The fourth-order valence-corrected chi connectivity index (χ4v) is 2.92. The summed E-state index contributed by atoms with van der Waals surface area (Å²) in [4.78, 5) is 43.3. The van der Waals surface area contributed by atoms with Gasteiger partial charge in [-0.1, -0.05) is 36.4 Å². The van der Waals surface area contributed by atoms with Crippen molar-refractivity contribution in [3.05, 3.63) is 94.3 Å². The molecule has 3 N–H and O–H groups in total. The van der Waals surface area contributed by atoms with Crippen molar-refractivity contribution < 1.29 is 23.9 Å². The average molecular weight is 436 g/mol. The highest BCUT2D eigenvalue weighted by Crippen LogP contribution is 2.10. The number of nitrogens with one attached hydrogen (secondary N) is 2. The number of benzene rings is 2. The summed E-state index contributed by atoms with van der Waals surface area (Å²) in [7, 11) is 0. The van der Waals surface area contributed by atoms with Crippen LogP contribution in [-0.2, 0) is 24.3 Å². The van der Waals surface area contributed by atoms with Crippen molar-refractivity contribution in [3.63, 3.8) is 0 Å². The summed E-state index contributed by atoms with van der Waals surface area (Å²) in [5.41, 5.74) is 2.73. The molecule has 0 saturated heterocycles. The summed E-state index contributed by atoms with van der Waals surface area (Å²) < 4.78 is 13.4. The van der Waals surface area contributed by atoms with Crippen LogP contribution in [0.15, 0.2) is 54.9 Å². The van der Waals surface area contributed by atoms with Gasteiger partial charge in [-0.2, -0.15) is 0 Å². The number of halogens is 1. The lowest BCUT2D eigenvalue weighted by molar-refractivity contribution is -0.136. The van der Waals surface area contributed by atoms with Gasteiger partial charge in [0, 0.05) is 19.2 Å². The largest absolute Gasteiger partial charge is 0.481 e. The van der Waals surface area contributed by atoms with E-state index in [9.17, 15) is 18.8 Å². The lowest BCUT2D eigenvalue weighted by Crippen LogP contribution is -2.27. The molecule has 3 aromatic rings. The van der Waals surface area contributed by atoms with Crippen LogP contribution in [0.4, 0.5) is 4.39 Å². The third kappa shape index (κ3) is 6.18. The van der Waals surface area contributed by atoms with E-state index < -0.39 is 17.8 Å². The summed E-state index contributed by atoms with van der Waals surface area (Å²) in [6.07, 6.45) is 1.06. The fourth-order valence-electron chi connectivity index (χ4n) is 2.92. The molecular weight excluding hydrogens is 415 g/mol. The summed E-state index contributed by atoms with van der Waals surface area (Å²) in [5, 5.41) is 14.2. The van der Waals surface area contributed by atoms with Gasteiger partial charge in [-0.05, 0) is 35.2 Å². The molecule has 8 nitrogen and oxygen atoms in total. The van der Waals surface area contributed by atoms with Crippen LogP contribution >= 0.6 is 0 Å². The van der Waals surface area contributed by atoms with Gasteiger partial charge >= 0.3 is 5.97 Å². The third-order valence-electron chi connectivity index (χ3n) is 4.64. The molecule has 0 aliphatic heterocycles. The maximum atomic E-state index is 13.4. The normalized spacial score (nSPS) is 10.4. The van der Waals surface area contributed by atoms with E-state index in [2.05, 4.69) is 20.6 Å². The van der Waals surface area contributed by atoms with E-state index in [0.717, 1.165) is 17.5 Å². The molecule has 0 spiro atoms. The Labute approximate surface area is 183 Å². The summed E-state index contributed by atoms with van der Waals surface area (Å²) in [6, 6.07) is 12.7. The molecule has 0 atom stereocenters. The Kier molecular flexibility index (Phi) is 7.22. The zero-order valence-corrected chi connectivity index (χ0v) is 17.3. The topological polar surface area (TPSA) is 121 Å². The van der Waals surface area contributed by atoms with Crippen molar-refractivity contribution in [2.45, 2.75) is 26.4 Å². The monoisotopic (exact) mass is 436 g/mol. The summed E-state index contributed by atoms with van der Waals surface area (Å²) in [6.45, 7) is 2.03. The van der Waals surface area contributed by atoms with E-state index in [0.29, 0.717) is 11.1 Å². The first-order valence-electron chi connectivity index (χ1n) is 9.75. The van der Waals surface area contributed by atoms with E-state index in [1.807, 2.05) is 0 Å². The maximum absolute atomic E-state index is 13.4. The molecule has 32 heavy (non-hydrogen) atoms. The molecule has 1 aromatic heterocycles. The number of rotatable bonds is 8. The molecule has 1 heterocycles. The van der Waals surface area contributed by atoms with Gasteiger partial charge in [0.15, 0.2) is 0 Å². The van der Waals surface area contributed by atoms with Gasteiger partial charge in [-0.25, -0.2) is 14.4 Å². The Morgan fingerprint density at radius 3 is 1.94 bits per heavy atom. The Morgan fingerprint density at radius 1 is 0.844 bits per heavy atom. The van der Waals surface area contributed by atoms with Gasteiger partial charge < -0.3 is 15.7 Å². The Morgan fingerprint density at radius 2 is 1.38 bits per heavy atom. The molecule has 2 amide bonds. The number of aromatic nitrogens is 2. The number of aryl methyl sites for hydroxylation is 1. The van der Waals surface area contributed by atoms with Crippen molar-refractivity contribution >= 4 is 17.8 Å². The Balaban J connectivity index is 1.57. The van der Waals surface area contributed by atoms with E-state index in [-0.39, 0.29) is 36.7 Å². The minimum absolute atomic E-state index is 0.0296. The number of hydrogen-bond donors (Lipinski definition) is 3. The number of nitrogens with zero attached hydrogens (tertiary/aromatic N) is 2. The van der Waals surface area contributed by atoms with Crippen LogP contribution in [0.1, 0.15) is 43.2 Å².